The molecular formula is C15H21N3O. The zero-order valence-corrected chi connectivity index (χ0v) is 11.4. The zero-order valence-electron chi connectivity index (χ0n) is 11.4. The number of rotatable bonds is 4. The number of aromatic nitrogens is 2. The van der Waals surface area contributed by atoms with E-state index in [9.17, 15) is 0 Å². The Labute approximate surface area is 113 Å². The minimum absolute atomic E-state index is 0.443. The molecule has 1 aliphatic heterocycles. The fourth-order valence-electron chi connectivity index (χ4n) is 2.93. The fourth-order valence-corrected chi connectivity index (χ4v) is 2.93. The van der Waals surface area contributed by atoms with Gasteiger partial charge in [0.15, 0.2) is 0 Å². The molecule has 0 amide bonds. The number of benzene rings is 1. The molecule has 1 fully saturated rings. The Kier molecular flexibility index (Phi) is 3.80. The van der Waals surface area contributed by atoms with Crippen LogP contribution >= 0.6 is 0 Å². The molecule has 1 aromatic carbocycles. The molecule has 4 nitrogen and oxygen atoms in total. The third-order valence-electron chi connectivity index (χ3n) is 4.06. The van der Waals surface area contributed by atoms with E-state index in [0.29, 0.717) is 12.0 Å². The quantitative estimate of drug-likeness (QED) is 0.913. The number of fused-ring (bicyclic) bond motifs is 1. The Bertz CT molecular complexity index is 531. The highest BCUT2D eigenvalue weighted by atomic mass is 16.5. The highest BCUT2D eigenvalue weighted by Crippen LogP contribution is 2.20. The summed E-state index contributed by atoms with van der Waals surface area (Å²) in [5.74, 6) is 0.597. The van der Waals surface area contributed by atoms with Gasteiger partial charge in [-0.2, -0.15) is 0 Å². The molecule has 2 aromatic rings. The highest BCUT2D eigenvalue weighted by molar-refractivity contribution is 5.74. The van der Waals surface area contributed by atoms with E-state index in [4.69, 9.17) is 4.74 Å². The lowest BCUT2D eigenvalue weighted by molar-refractivity contribution is 0.0379. The number of likely N-dealkylation sites (N-methyl/N-ethyl adjacent to an activating group) is 1. The van der Waals surface area contributed by atoms with Gasteiger partial charge in [-0.05, 0) is 37.9 Å². The van der Waals surface area contributed by atoms with Crippen LogP contribution in [0.15, 0.2) is 30.6 Å². The third-order valence-corrected chi connectivity index (χ3v) is 4.06. The number of imidazole rings is 1. The molecule has 1 N–H and O–H groups in total. The van der Waals surface area contributed by atoms with Crippen molar-refractivity contribution in [3.63, 3.8) is 0 Å². The molecule has 2 atom stereocenters. The Morgan fingerprint density at radius 2 is 2.37 bits per heavy atom. The Morgan fingerprint density at radius 1 is 1.47 bits per heavy atom. The van der Waals surface area contributed by atoms with E-state index in [1.807, 2.05) is 19.4 Å². The second-order valence-electron chi connectivity index (χ2n) is 5.26. The molecule has 102 valence electrons. The van der Waals surface area contributed by atoms with Crippen LogP contribution in [0.1, 0.15) is 12.8 Å². The van der Waals surface area contributed by atoms with Gasteiger partial charge in [0.2, 0.25) is 0 Å². The Balaban J connectivity index is 1.78. The van der Waals surface area contributed by atoms with Crippen molar-refractivity contribution in [2.75, 3.05) is 20.3 Å². The molecule has 1 aromatic heterocycles. The first-order valence-corrected chi connectivity index (χ1v) is 7.03. The molecule has 0 aliphatic carbocycles. The Morgan fingerprint density at radius 3 is 3.16 bits per heavy atom. The first-order chi connectivity index (χ1) is 9.38. The van der Waals surface area contributed by atoms with Crippen LogP contribution in [-0.2, 0) is 11.3 Å². The number of hydrogen-bond donors (Lipinski definition) is 1. The molecule has 0 spiro atoms. The van der Waals surface area contributed by atoms with Crippen LogP contribution in [0.3, 0.4) is 0 Å². The second-order valence-corrected chi connectivity index (χ2v) is 5.26. The van der Waals surface area contributed by atoms with Crippen molar-refractivity contribution in [3.8, 4) is 0 Å². The molecule has 19 heavy (non-hydrogen) atoms. The first kappa shape index (κ1) is 12.6. The maximum absolute atomic E-state index is 5.61. The SMILES string of the molecule is CNC(Cn1cnc2ccccc21)C1CCCOC1. The summed E-state index contributed by atoms with van der Waals surface area (Å²) in [5.41, 5.74) is 2.27. The lowest BCUT2D eigenvalue weighted by Crippen LogP contribution is -2.41. The Hall–Kier alpha value is -1.39. The van der Waals surface area contributed by atoms with E-state index in [-0.39, 0.29) is 0 Å². The van der Waals surface area contributed by atoms with E-state index >= 15 is 0 Å². The summed E-state index contributed by atoms with van der Waals surface area (Å²) in [4.78, 5) is 4.46. The summed E-state index contributed by atoms with van der Waals surface area (Å²) in [6.45, 7) is 2.74. The standard InChI is InChI=1S/C15H21N3O/c1-16-14(12-5-4-8-19-10-12)9-18-11-17-13-6-2-3-7-15(13)18/h2-3,6-7,11-12,14,16H,4-5,8-10H2,1H3. The third kappa shape index (κ3) is 2.65. The van der Waals surface area contributed by atoms with Crippen molar-refractivity contribution >= 4 is 11.0 Å². The lowest BCUT2D eigenvalue weighted by Gasteiger charge is -2.30. The molecule has 1 saturated heterocycles. The van der Waals surface area contributed by atoms with Crippen molar-refractivity contribution in [2.45, 2.75) is 25.4 Å². The van der Waals surface area contributed by atoms with Gasteiger partial charge in [-0.15, -0.1) is 0 Å². The lowest BCUT2D eigenvalue weighted by atomic mass is 9.93. The second kappa shape index (κ2) is 5.72. The van der Waals surface area contributed by atoms with E-state index in [1.165, 1.54) is 18.4 Å². The van der Waals surface area contributed by atoms with Crippen molar-refractivity contribution in [3.05, 3.63) is 30.6 Å². The van der Waals surface area contributed by atoms with E-state index in [1.54, 1.807) is 0 Å². The van der Waals surface area contributed by atoms with Crippen LogP contribution in [0.25, 0.3) is 11.0 Å². The number of nitrogens with one attached hydrogen (secondary N) is 1. The van der Waals surface area contributed by atoms with Crippen molar-refractivity contribution in [1.82, 2.24) is 14.9 Å². The number of nitrogens with zero attached hydrogens (tertiary/aromatic N) is 2. The summed E-state index contributed by atoms with van der Waals surface area (Å²) in [5, 5.41) is 3.45. The number of hydrogen-bond acceptors (Lipinski definition) is 3. The van der Waals surface area contributed by atoms with Gasteiger partial charge in [-0.1, -0.05) is 12.1 Å². The number of para-hydroxylation sites is 2. The minimum atomic E-state index is 0.443. The van der Waals surface area contributed by atoms with Crippen LogP contribution in [0.2, 0.25) is 0 Å². The average Bonchev–Trinajstić information content (AvgIpc) is 2.89. The topological polar surface area (TPSA) is 39.1 Å². The number of ether oxygens (including phenoxy) is 1. The monoisotopic (exact) mass is 259 g/mol. The molecule has 2 unspecified atom stereocenters. The molecule has 4 heteroatoms. The van der Waals surface area contributed by atoms with Gasteiger partial charge >= 0.3 is 0 Å². The molecule has 0 bridgehead atoms. The predicted octanol–water partition coefficient (Wildman–Crippen LogP) is 2.05. The summed E-state index contributed by atoms with van der Waals surface area (Å²) < 4.78 is 7.85. The highest BCUT2D eigenvalue weighted by Gasteiger charge is 2.23. The molecule has 3 rings (SSSR count). The predicted molar refractivity (Wildman–Crippen MR) is 76.1 cm³/mol. The van der Waals surface area contributed by atoms with E-state index in [0.717, 1.165) is 25.3 Å². The summed E-state index contributed by atoms with van der Waals surface area (Å²) in [6.07, 6.45) is 4.37. The molecule has 0 radical (unpaired) electrons. The van der Waals surface area contributed by atoms with Crippen LogP contribution in [-0.4, -0.2) is 35.9 Å². The van der Waals surface area contributed by atoms with Gasteiger partial charge in [-0.25, -0.2) is 4.98 Å². The van der Waals surface area contributed by atoms with Gasteiger partial charge in [-0.3, -0.25) is 0 Å². The van der Waals surface area contributed by atoms with Gasteiger partial charge in [0.1, 0.15) is 0 Å². The molecular weight excluding hydrogens is 238 g/mol. The largest absolute Gasteiger partial charge is 0.381 e. The van der Waals surface area contributed by atoms with Gasteiger partial charge < -0.3 is 14.6 Å². The normalized spacial score (nSPS) is 21.6. The molecule has 0 saturated carbocycles. The van der Waals surface area contributed by atoms with Gasteiger partial charge in [0.05, 0.1) is 24.0 Å². The summed E-state index contributed by atoms with van der Waals surface area (Å²) >= 11 is 0. The van der Waals surface area contributed by atoms with E-state index in [2.05, 4.69) is 33.1 Å². The summed E-state index contributed by atoms with van der Waals surface area (Å²) in [7, 11) is 2.04. The van der Waals surface area contributed by atoms with Crippen molar-refractivity contribution < 1.29 is 4.74 Å². The first-order valence-electron chi connectivity index (χ1n) is 7.03. The maximum Gasteiger partial charge on any atom is 0.0958 e. The summed E-state index contributed by atoms with van der Waals surface area (Å²) in [6, 6.07) is 8.73. The van der Waals surface area contributed by atoms with Gasteiger partial charge in [0, 0.05) is 19.2 Å². The average molecular weight is 259 g/mol. The fraction of sp³-hybridized carbons (Fsp3) is 0.533. The maximum atomic E-state index is 5.61. The van der Waals surface area contributed by atoms with Crippen LogP contribution < -0.4 is 5.32 Å². The smallest absolute Gasteiger partial charge is 0.0958 e. The zero-order chi connectivity index (χ0) is 13.1. The molecule has 2 heterocycles. The van der Waals surface area contributed by atoms with E-state index < -0.39 is 0 Å². The van der Waals surface area contributed by atoms with Crippen LogP contribution in [0.5, 0.6) is 0 Å². The van der Waals surface area contributed by atoms with Crippen LogP contribution in [0.4, 0.5) is 0 Å². The molecule has 1 aliphatic rings. The minimum Gasteiger partial charge on any atom is -0.381 e. The van der Waals surface area contributed by atoms with Gasteiger partial charge in [0.25, 0.3) is 0 Å². The van der Waals surface area contributed by atoms with Crippen molar-refractivity contribution in [2.24, 2.45) is 5.92 Å². The van der Waals surface area contributed by atoms with Crippen LogP contribution in [0, 0.1) is 5.92 Å². The van der Waals surface area contributed by atoms with Crippen molar-refractivity contribution in [1.29, 1.82) is 0 Å².